The fraction of sp³-hybridized carbons (Fsp3) is 0.667. The second-order valence-electron chi connectivity index (χ2n) is 1.44. The summed E-state index contributed by atoms with van der Waals surface area (Å²) in [5.41, 5.74) is 0. The number of thioether (sulfide) groups is 2. The zero-order chi connectivity index (χ0) is 7.98. The van der Waals surface area contributed by atoms with Gasteiger partial charge in [0.2, 0.25) is 0 Å². The zero-order valence-electron chi connectivity index (χ0n) is 6.05. The summed E-state index contributed by atoms with van der Waals surface area (Å²) in [6.45, 7) is 4.16. The molecule has 0 aliphatic carbocycles. The van der Waals surface area contributed by atoms with Crippen LogP contribution in [0.2, 0.25) is 0 Å². The normalized spacial score (nSPS) is 9.40. The maximum Gasteiger partial charge on any atom is 0.0951 e. The Labute approximate surface area is 81.5 Å². The zero-order valence-corrected chi connectivity index (χ0v) is 9.31. The summed E-state index contributed by atoms with van der Waals surface area (Å²) in [4.78, 5) is 0. The third kappa shape index (κ3) is 4.66. The van der Waals surface area contributed by atoms with Gasteiger partial charge >= 0.3 is 0 Å². The lowest BCUT2D eigenvalue weighted by molar-refractivity contribution is 1.54. The lowest BCUT2D eigenvalue weighted by Crippen LogP contribution is -2.00. The standard InChI is InChI=1S/C6H10S4/c1-3-9-5(7)6(8)10-4-2/h3-4H2,1-2H3. The molecule has 0 saturated carbocycles. The molecule has 0 fully saturated rings. The summed E-state index contributed by atoms with van der Waals surface area (Å²) < 4.78 is 1.76. The molecule has 0 aromatic carbocycles. The molecule has 0 N–H and O–H groups in total. The van der Waals surface area contributed by atoms with E-state index in [0.717, 1.165) is 19.9 Å². The minimum Gasteiger partial charge on any atom is -0.113 e. The van der Waals surface area contributed by atoms with Crippen LogP contribution in [-0.2, 0) is 0 Å². The van der Waals surface area contributed by atoms with Crippen LogP contribution in [0.1, 0.15) is 13.8 Å². The number of hydrogen-bond donors (Lipinski definition) is 0. The Morgan fingerprint density at radius 3 is 1.50 bits per heavy atom. The molecule has 0 atom stereocenters. The molecule has 0 spiro atoms. The van der Waals surface area contributed by atoms with E-state index in [9.17, 15) is 0 Å². The van der Waals surface area contributed by atoms with Gasteiger partial charge in [-0.25, -0.2) is 0 Å². The van der Waals surface area contributed by atoms with Gasteiger partial charge in [0, 0.05) is 0 Å². The van der Waals surface area contributed by atoms with Crippen molar-refractivity contribution >= 4 is 56.4 Å². The first-order valence-corrected chi connectivity index (χ1v) is 5.85. The van der Waals surface area contributed by atoms with E-state index >= 15 is 0 Å². The van der Waals surface area contributed by atoms with Gasteiger partial charge in [-0.15, -0.1) is 23.5 Å². The van der Waals surface area contributed by atoms with Crippen molar-refractivity contribution in [3.05, 3.63) is 0 Å². The summed E-state index contributed by atoms with van der Waals surface area (Å²) in [6.07, 6.45) is 0. The van der Waals surface area contributed by atoms with Crippen LogP contribution >= 0.6 is 48.0 Å². The Kier molecular flexibility index (Phi) is 7.16. The Morgan fingerprint density at radius 1 is 1.00 bits per heavy atom. The van der Waals surface area contributed by atoms with Crippen molar-refractivity contribution in [2.24, 2.45) is 0 Å². The summed E-state index contributed by atoms with van der Waals surface area (Å²) in [6, 6.07) is 0. The molecule has 0 heterocycles. The molecule has 10 heavy (non-hydrogen) atoms. The molecule has 0 radical (unpaired) electrons. The predicted octanol–water partition coefficient (Wildman–Crippen LogP) is 3.15. The van der Waals surface area contributed by atoms with Gasteiger partial charge in [0.05, 0.1) is 8.39 Å². The average molecular weight is 210 g/mol. The highest BCUT2D eigenvalue weighted by Crippen LogP contribution is 2.13. The third-order valence-electron chi connectivity index (χ3n) is 0.718. The van der Waals surface area contributed by atoms with E-state index in [2.05, 4.69) is 13.8 Å². The molecule has 4 heteroatoms. The van der Waals surface area contributed by atoms with Crippen LogP contribution in [0.5, 0.6) is 0 Å². The highest BCUT2D eigenvalue weighted by Gasteiger charge is 2.02. The highest BCUT2D eigenvalue weighted by atomic mass is 32.2. The van der Waals surface area contributed by atoms with Crippen molar-refractivity contribution in [2.45, 2.75) is 13.8 Å². The van der Waals surface area contributed by atoms with Gasteiger partial charge in [-0.1, -0.05) is 38.3 Å². The molecule has 0 bridgehead atoms. The molecule has 0 nitrogen and oxygen atoms in total. The molecule has 0 aromatic heterocycles. The second-order valence-corrected chi connectivity index (χ2v) is 5.32. The smallest absolute Gasteiger partial charge is 0.0951 e. The molecular formula is C6H10S4. The quantitative estimate of drug-likeness (QED) is 0.642. The Balaban J connectivity index is 3.60. The van der Waals surface area contributed by atoms with Gasteiger partial charge in [-0.05, 0) is 11.5 Å². The van der Waals surface area contributed by atoms with E-state index in [4.69, 9.17) is 24.4 Å². The molecule has 0 aliphatic heterocycles. The third-order valence-corrected chi connectivity index (χ3v) is 3.86. The molecule has 58 valence electrons. The molecule has 0 unspecified atom stereocenters. The molecule has 0 aliphatic rings. The van der Waals surface area contributed by atoms with Gasteiger partial charge in [0.1, 0.15) is 0 Å². The van der Waals surface area contributed by atoms with Gasteiger partial charge in [-0.3, -0.25) is 0 Å². The van der Waals surface area contributed by atoms with Gasteiger partial charge < -0.3 is 0 Å². The van der Waals surface area contributed by atoms with Crippen molar-refractivity contribution in [1.82, 2.24) is 0 Å². The average Bonchev–Trinajstić information content (AvgIpc) is 1.89. The Hall–Kier alpha value is 0.880. The van der Waals surface area contributed by atoms with Crippen LogP contribution in [-0.4, -0.2) is 19.9 Å². The first kappa shape index (κ1) is 10.9. The minimum atomic E-state index is 0.879. The number of hydrogen-bond acceptors (Lipinski definition) is 4. The molecular weight excluding hydrogens is 200 g/mol. The monoisotopic (exact) mass is 210 g/mol. The summed E-state index contributed by atoms with van der Waals surface area (Å²) in [5.74, 6) is 2.03. The Morgan fingerprint density at radius 2 is 1.30 bits per heavy atom. The molecule has 0 rings (SSSR count). The maximum atomic E-state index is 5.04. The summed E-state index contributed by atoms with van der Waals surface area (Å²) in [5, 5.41) is 0. The largest absolute Gasteiger partial charge is 0.113 e. The van der Waals surface area contributed by atoms with Crippen molar-refractivity contribution in [1.29, 1.82) is 0 Å². The first-order chi connectivity index (χ1) is 4.72. The predicted molar refractivity (Wildman–Crippen MR) is 61.5 cm³/mol. The molecule has 0 aromatic rings. The maximum absolute atomic E-state index is 5.04. The van der Waals surface area contributed by atoms with Crippen molar-refractivity contribution in [3.8, 4) is 0 Å². The topological polar surface area (TPSA) is 0 Å². The van der Waals surface area contributed by atoms with Gasteiger partial charge in [0.25, 0.3) is 0 Å². The SMILES string of the molecule is CCSC(=S)C(=S)SCC. The van der Waals surface area contributed by atoms with Gasteiger partial charge in [0.15, 0.2) is 0 Å². The summed E-state index contributed by atoms with van der Waals surface area (Å²) >= 11 is 13.4. The van der Waals surface area contributed by atoms with E-state index in [1.54, 1.807) is 23.5 Å². The fourth-order valence-electron chi connectivity index (χ4n) is 0.380. The molecule has 0 saturated heterocycles. The first-order valence-electron chi connectivity index (χ1n) is 3.06. The van der Waals surface area contributed by atoms with Crippen LogP contribution in [0.15, 0.2) is 0 Å². The lowest BCUT2D eigenvalue weighted by Gasteiger charge is -1.99. The number of thiocarbonyl (C=S) groups is 2. The van der Waals surface area contributed by atoms with E-state index in [1.807, 2.05) is 0 Å². The van der Waals surface area contributed by atoms with Crippen LogP contribution in [0.4, 0.5) is 0 Å². The van der Waals surface area contributed by atoms with E-state index in [1.165, 1.54) is 0 Å². The van der Waals surface area contributed by atoms with Crippen LogP contribution in [0.25, 0.3) is 0 Å². The van der Waals surface area contributed by atoms with E-state index < -0.39 is 0 Å². The minimum absolute atomic E-state index is 0.879. The van der Waals surface area contributed by atoms with Crippen molar-refractivity contribution in [2.75, 3.05) is 11.5 Å². The van der Waals surface area contributed by atoms with Gasteiger partial charge in [-0.2, -0.15) is 0 Å². The Bertz CT molecular complexity index is 114. The number of rotatable bonds is 2. The van der Waals surface area contributed by atoms with Crippen molar-refractivity contribution in [3.63, 3.8) is 0 Å². The lowest BCUT2D eigenvalue weighted by atomic mass is 10.9. The van der Waals surface area contributed by atoms with Crippen LogP contribution in [0, 0.1) is 0 Å². The summed E-state index contributed by atoms with van der Waals surface area (Å²) in [7, 11) is 0. The van der Waals surface area contributed by atoms with Crippen molar-refractivity contribution < 1.29 is 0 Å². The second kappa shape index (κ2) is 6.58. The highest BCUT2D eigenvalue weighted by molar-refractivity contribution is 8.37. The van der Waals surface area contributed by atoms with E-state index in [-0.39, 0.29) is 0 Å². The molecule has 0 amide bonds. The van der Waals surface area contributed by atoms with Crippen LogP contribution < -0.4 is 0 Å². The van der Waals surface area contributed by atoms with Crippen LogP contribution in [0.3, 0.4) is 0 Å². The van der Waals surface area contributed by atoms with E-state index in [0.29, 0.717) is 0 Å². The fourth-order valence-corrected chi connectivity index (χ4v) is 2.55.